The number of anilines is 1. The van der Waals surface area contributed by atoms with Crippen molar-refractivity contribution in [3.05, 3.63) is 41.0 Å². The Morgan fingerprint density at radius 3 is 2.46 bits per heavy atom. The van der Waals surface area contributed by atoms with Gasteiger partial charge in [0.1, 0.15) is 0 Å². The topological polar surface area (TPSA) is 3.24 Å². The minimum absolute atomic E-state index is 1.11. The second-order valence-electron chi connectivity index (χ2n) is 3.30. The lowest BCUT2D eigenvalue weighted by Gasteiger charge is -2.18. The minimum Gasteiger partial charge on any atom is -0.346 e. The second kappa shape index (κ2) is 3.54. The first-order chi connectivity index (χ1) is 6.27. The van der Waals surface area contributed by atoms with E-state index in [0.29, 0.717) is 0 Å². The Bertz CT molecular complexity index is 315. The predicted molar refractivity (Wildman–Crippen MR) is 59.9 cm³/mol. The van der Waals surface area contributed by atoms with Crippen molar-refractivity contribution in [2.75, 3.05) is 11.4 Å². The normalized spacial score (nSPS) is 16.7. The van der Waals surface area contributed by atoms with Crippen LogP contribution >= 0.6 is 15.9 Å². The van der Waals surface area contributed by atoms with Crippen molar-refractivity contribution in [1.29, 1.82) is 0 Å². The molecule has 0 saturated carbocycles. The van der Waals surface area contributed by atoms with Crippen LogP contribution in [-0.4, -0.2) is 6.54 Å². The van der Waals surface area contributed by atoms with Crippen LogP contribution < -0.4 is 4.90 Å². The number of hydrogen-bond acceptors (Lipinski definition) is 1. The van der Waals surface area contributed by atoms with Crippen LogP contribution in [0, 0.1) is 0 Å². The molecule has 0 unspecified atom stereocenters. The number of hydrogen-bond donors (Lipinski definition) is 0. The van der Waals surface area contributed by atoms with Crippen molar-refractivity contribution in [1.82, 2.24) is 0 Å². The first-order valence-corrected chi connectivity index (χ1v) is 5.27. The maximum absolute atomic E-state index is 4.05. The molecule has 1 aromatic carbocycles. The van der Waals surface area contributed by atoms with Gasteiger partial charge in [0.05, 0.1) is 0 Å². The van der Waals surface area contributed by atoms with Crippen molar-refractivity contribution in [2.24, 2.45) is 0 Å². The summed E-state index contributed by atoms with van der Waals surface area (Å²) in [5.74, 6) is 0. The van der Waals surface area contributed by atoms with Gasteiger partial charge in [-0.2, -0.15) is 0 Å². The molecule has 0 aromatic heterocycles. The quantitative estimate of drug-likeness (QED) is 0.723. The number of halogens is 1. The van der Waals surface area contributed by atoms with Gasteiger partial charge in [-0.05, 0) is 37.1 Å². The SMILES string of the molecule is C=C1CCCN1c1ccc(Br)cc1. The van der Waals surface area contributed by atoms with Gasteiger partial charge in [0.2, 0.25) is 0 Å². The summed E-state index contributed by atoms with van der Waals surface area (Å²) in [6.07, 6.45) is 2.37. The van der Waals surface area contributed by atoms with E-state index in [1.165, 1.54) is 17.8 Å². The molecule has 0 aliphatic carbocycles. The molecule has 68 valence electrons. The smallest absolute Gasteiger partial charge is 0.0408 e. The van der Waals surface area contributed by atoms with E-state index in [0.717, 1.165) is 17.4 Å². The highest BCUT2D eigenvalue weighted by molar-refractivity contribution is 9.10. The Morgan fingerprint density at radius 1 is 1.23 bits per heavy atom. The molecule has 0 spiro atoms. The molecular weight excluding hydrogens is 226 g/mol. The van der Waals surface area contributed by atoms with E-state index in [9.17, 15) is 0 Å². The van der Waals surface area contributed by atoms with E-state index >= 15 is 0 Å². The Morgan fingerprint density at radius 2 is 1.92 bits per heavy atom. The Hall–Kier alpha value is -0.760. The van der Waals surface area contributed by atoms with E-state index < -0.39 is 0 Å². The van der Waals surface area contributed by atoms with Crippen LogP contribution in [0.3, 0.4) is 0 Å². The lowest BCUT2D eigenvalue weighted by atomic mass is 10.3. The van der Waals surface area contributed by atoms with Gasteiger partial charge in [-0.25, -0.2) is 0 Å². The highest BCUT2D eigenvalue weighted by Gasteiger charge is 2.15. The van der Waals surface area contributed by atoms with Crippen molar-refractivity contribution < 1.29 is 0 Å². The summed E-state index contributed by atoms with van der Waals surface area (Å²) in [4.78, 5) is 2.28. The van der Waals surface area contributed by atoms with E-state index in [2.05, 4.69) is 51.7 Å². The summed E-state index contributed by atoms with van der Waals surface area (Å²) in [5.41, 5.74) is 2.49. The lowest BCUT2D eigenvalue weighted by Crippen LogP contribution is -2.14. The molecule has 0 N–H and O–H groups in total. The molecule has 0 radical (unpaired) electrons. The van der Waals surface area contributed by atoms with Gasteiger partial charge >= 0.3 is 0 Å². The van der Waals surface area contributed by atoms with Gasteiger partial charge < -0.3 is 4.90 Å². The highest BCUT2D eigenvalue weighted by Crippen LogP contribution is 2.27. The third kappa shape index (κ3) is 1.78. The summed E-state index contributed by atoms with van der Waals surface area (Å²) in [6.45, 7) is 5.16. The van der Waals surface area contributed by atoms with Crippen LogP contribution in [-0.2, 0) is 0 Å². The Balaban J connectivity index is 2.25. The monoisotopic (exact) mass is 237 g/mol. The maximum Gasteiger partial charge on any atom is 0.0408 e. The van der Waals surface area contributed by atoms with E-state index in [1.54, 1.807) is 0 Å². The molecule has 0 bridgehead atoms. The van der Waals surface area contributed by atoms with E-state index in [1.807, 2.05) is 0 Å². The van der Waals surface area contributed by atoms with Crippen molar-refractivity contribution in [2.45, 2.75) is 12.8 Å². The van der Waals surface area contributed by atoms with Gasteiger partial charge in [-0.15, -0.1) is 0 Å². The average Bonchev–Trinajstić information content (AvgIpc) is 2.53. The zero-order valence-electron chi connectivity index (χ0n) is 7.46. The van der Waals surface area contributed by atoms with E-state index in [-0.39, 0.29) is 0 Å². The fraction of sp³-hybridized carbons (Fsp3) is 0.273. The molecular formula is C11H12BrN. The molecule has 1 fully saturated rings. The minimum atomic E-state index is 1.11. The molecule has 2 heteroatoms. The largest absolute Gasteiger partial charge is 0.346 e. The van der Waals surface area contributed by atoms with E-state index in [4.69, 9.17) is 0 Å². The number of benzene rings is 1. The predicted octanol–water partition coefficient (Wildman–Crippen LogP) is 3.56. The molecule has 2 rings (SSSR count). The zero-order chi connectivity index (χ0) is 9.26. The van der Waals surface area contributed by atoms with Crippen LogP contribution in [0.15, 0.2) is 41.0 Å². The summed E-state index contributed by atoms with van der Waals surface area (Å²) in [5, 5.41) is 0. The van der Waals surface area contributed by atoms with Gasteiger partial charge in [0.25, 0.3) is 0 Å². The van der Waals surface area contributed by atoms with Gasteiger partial charge in [0, 0.05) is 22.4 Å². The average molecular weight is 238 g/mol. The van der Waals surface area contributed by atoms with Crippen LogP contribution in [0.1, 0.15) is 12.8 Å². The third-order valence-corrected chi connectivity index (χ3v) is 2.90. The van der Waals surface area contributed by atoms with Gasteiger partial charge in [-0.3, -0.25) is 0 Å². The fourth-order valence-corrected chi connectivity index (χ4v) is 1.93. The maximum atomic E-state index is 4.05. The van der Waals surface area contributed by atoms with Crippen LogP contribution in [0.25, 0.3) is 0 Å². The Kier molecular flexibility index (Phi) is 2.40. The first kappa shape index (κ1) is 8.82. The van der Waals surface area contributed by atoms with Crippen LogP contribution in [0.2, 0.25) is 0 Å². The second-order valence-corrected chi connectivity index (χ2v) is 4.21. The summed E-state index contributed by atoms with van der Waals surface area (Å²) in [6, 6.07) is 8.39. The molecule has 0 amide bonds. The summed E-state index contributed by atoms with van der Waals surface area (Å²) >= 11 is 3.43. The third-order valence-electron chi connectivity index (χ3n) is 2.37. The van der Waals surface area contributed by atoms with Crippen LogP contribution in [0.4, 0.5) is 5.69 Å². The molecule has 13 heavy (non-hydrogen) atoms. The highest BCUT2D eigenvalue weighted by atomic mass is 79.9. The van der Waals surface area contributed by atoms with Crippen LogP contribution in [0.5, 0.6) is 0 Å². The van der Waals surface area contributed by atoms with Gasteiger partial charge in [0.15, 0.2) is 0 Å². The zero-order valence-corrected chi connectivity index (χ0v) is 9.05. The molecule has 1 saturated heterocycles. The number of rotatable bonds is 1. The molecule has 1 aromatic rings. The fourth-order valence-electron chi connectivity index (χ4n) is 1.67. The first-order valence-electron chi connectivity index (χ1n) is 4.48. The van der Waals surface area contributed by atoms with Gasteiger partial charge in [-0.1, -0.05) is 22.5 Å². The van der Waals surface area contributed by atoms with Crippen molar-refractivity contribution in [3.63, 3.8) is 0 Å². The number of allylic oxidation sites excluding steroid dienone is 1. The molecule has 1 heterocycles. The molecule has 1 aliphatic rings. The lowest BCUT2D eigenvalue weighted by molar-refractivity contribution is 0.956. The Labute approximate surface area is 87.2 Å². The summed E-state index contributed by atoms with van der Waals surface area (Å²) in [7, 11) is 0. The molecule has 0 atom stereocenters. The number of nitrogens with zero attached hydrogens (tertiary/aromatic N) is 1. The molecule has 1 nitrogen and oxygen atoms in total. The standard InChI is InChI=1S/C11H12BrN/c1-9-3-2-8-13(9)11-6-4-10(12)5-7-11/h4-7H,1-3,8H2. The molecule has 1 aliphatic heterocycles. The summed E-state index contributed by atoms with van der Waals surface area (Å²) < 4.78 is 1.13. The van der Waals surface area contributed by atoms with Crippen molar-refractivity contribution >= 4 is 21.6 Å². The van der Waals surface area contributed by atoms with Crippen molar-refractivity contribution in [3.8, 4) is 0 Å².